The number of carboxylic acid groups (broad SMARTS) is 1. The van der Waals surface area contributed by atoms with Crippen molar-refractivity contribution in [2.75, 3.05) is 5.75 Å². The smallest absolute Gasteiger partial charge is 0.321 e. The summed E-state index contributed by atoms with van der Waals surface area (Å²) in [7, 11) is 0. The summed E-state index contributed by atoms with van der Waals surface area (Å²) in [5, 5.41) is 8.01. The van der Waals surface area contributed by atoms with Crippen LogP contribution in [0.3, 0.4) is 0 Å². The van der Waals surface area contributed by atoms with Gasteiger partial charge in [0.25, 0.3) is 0 Å². The quantitative estimate of drug-likeness (QED) is 0.349. The van der Waals surface area contributed by atoms with Crippen molar-refractivity contribution in [1.82, 2.24) is 0 Å². The molecular formula is C3H7NNa2O2S. The zero-order valence-corrected chi connectivity index (χ0v) is 10.6. The second kappa shape index (κ2) is 9.78. The molecule has 0 rings (SSSR count). The van der Waals surface area contributed by atoms with Crippen molar-refractivity contribution >= 4 is 77.7 Å². The van der Waals surface area contributed by atoms with E-state index in [0.29, 0.717) is 0 Å². The predicted molar refractivity (Wildman–Crippen MR) is 41.0 cm³/mol. The molecule has 1 atom stereocenters. The van der Waals surface area contributed by atoms with Gasteiger partial charge in [-0.1, -0.05) is 0 Å². The molecule has 0 bridgehead atoms. The Morgan fingerprint density at radius 1 is 1.67 bits per heavy atom. The first-order valence-electron chi connectivity index (χ1n) is 1.77. The summed E-state index contributed by atoms with van der Waals surface area (Å²) in [5.74, 6) is -0.815. The summed E-state index contributed by atoms with van der Waals surface area (Å²) in [5.41, 5.74) is 4.94. The van der Waals surface area contributed by atoms with Crippen molar-refractivity contribution in [3.8, 4) is 0 Å². The molecule has 9 heavy (non-hydrogen) atoms. The van der Waals surface area contributed by atoms with E-state index in [9.17, 15) is 4.79 Å². The van der Waals surface area contributed by atoms with Gasteiger partial charge in [-0.15, -0.1) is 0 Å². The molecule has 2 radical (unpaired) electrons. The summed E-state index contributed by atoms with van der Waals surface area (Å²) >= 11 is 3.65. The van der Waals surface area contributed by atoms with Gasteiger partial charge < -0.3 is 10.8 Å². The van der Waals surface area contributed by atoms with Crippen molar-refractivity contribution in [1.29, 1.82) is 0 Å². The second-order valence-corrected chi connectivity index (χ2v) is 1.49. The summed E-state index contributed by atoms with van der Waals surface area (Å²) in [6.45, 7) is 0. The molecule has 3 nitrogen and oxygen atoms in total. The molecule has 0 saturated heterocycles. The first-order valence-corrected chi connectivity index (χ1v) is 2.41. The minimum absolute atomic E-state index is 0. The molecule has 0 saturated carbocycles. The Balaban J connectivity index is -0.000000180. The zero-order chi connectivity index (χ0) is 5.86. The number of aliphatic carboxylic acids is 1. The molecule has 0 heterocycles. The largest absolute Gasteiger partial charge is 0.480 e. The molecule has 0 aromatic heterocycles. The monoisotopic (exact) mass is 167 g/mol. The number of nitrogens with two attached hydrogens (primary N) is 1. The first kappa shape index (κ1) is 17.0. The van der Waals surface area contributed by atoms with Gasteiger partial charge in [-0.05, 0) is 0 Å². The fourth-order valence-corrected chi connectivity index (χ4v) is 0.234. The molecule has 0 aliphatic heterocycles. The molecule has 0 amide bonds. The van der Waals surface area contributed by atoms with E-state index in [1.54, 1.807) is 0 Å². The van der Waals surface area contributed by atoms with Crippen LogP contribution >= 0.6 is 12.6 Å². The van der Waals surface area contributed by atoms with Crippen molar-refractivity contribution in [2.45, 2.75) is 6.04 Å². The number of thiol groups is 1. The Morgan fingerprint density at radius 2 is 2.00 bits per heavy atom. The molecule has 3 N–H and O–H groups in total. The van der Waals surface area contributed by atoms with Gasteiger partial charge in [0.2, 0.25) is 0 Å². The summed E-state index contributed by atoms with van der Waals surface area (Å²) in [6.07, 6.45) is 0. The van der Waals surface area contributed by atoms with E-state index in [1.807, 2.05) is 0 Å². The van der Waals surface area contributed by atoms with Crippen LogP contribution in [0.15, 0.2) is 0 Å². The van der Waals surface area contributed by atoms with Crippen molar-refractivity contribution in [3.05, 3.63) is 0 Å². The van der Waals surface area contributed by atoms with Crippen LogP contribution in [-0.4, -0.2) is 82.0 Å². The third kappa shape index (κ3) is 9.78. The molecular weight excluding hydrogens is 160 g/mol. The van der Waals surface area contributed by atoms with Gasteiger partial charge >= 0.3 is 5.97 Å². The van der Waals surface area contributed by atoms with E-state index >= 15 is 0 Å². The number of hydrogen-bond donors (Lipinski definition) is 3. The zero-order valence-electron chi connectivity index (χ0n) is 5.66. The maximum absolute atomic E-state index is 9.76. The number of hydrogen-bond acceptors (Lipinski definition) is 3. The third-order valence-electron chi connectivity index (χ3n) is 0.514. The van der Waals surface area contributed by atoms with Crippen molar-refractivity contribution in [2.24, 2.45) is 5.73 Å². The molecule has 0 unspecified atom stereocenters. The Bertz CT molecular complexity index is 82.2. The Hall–Kier alpha value is 1.78. The maximum Gasteiger partial charge on any atom is 0.321 e. The molecule has 44 valence electrons. The third-order valence-corrected chi connectivity index (χ3v) is 0.907. The van der Waals surface area contributed by atoms with Crippen molar-refractivity contribution in [3.63, 3.8) is 0 Å². The van der Waals surface area contributed by atoms with Crippen LogP contribution < -0.4 is 5.73 Å². The molecule has 0 aliphatic rings. The molecule has 0 aromatic carbocycles. The molecule has 0 aromatic rings. The molecule has 0 fully saturated rings. The van der Waals surface area contributed by atoms with Gasteiger partial charge in [-0.25, -0.2) is 0 Å². The van der Waals surface area contributed by atoms with Crippen LogP contribution in [0.25, 0.3) is 0 Å². The Kier molecular flexibility index (Phi) is 18.5. The number of carboxylic acids is 1. The normalized spacial score (nSPS) is 10.4. The van der Waals surface area contributed by atoms with Crippen LogP contribution in [0.1, 0.15) is 0 Å². The van der Waals surface area contributed by atoms with Gasteiger partial charge in [0, 0.05) is 64.9 Å². The van der Waals surface area contributed by atoms with Crippen LogP contribution in [0.5, 0.6) is 0 Å². The SMILES string of the molecule is N[C@@H](CS)C(=O)O.[Na].[Na]. The van der Waals surface area contributed by atoms with Crippen molar-refractivity contribution < 1.29 is 9.90 Å². The van der Waals surface area contributed by atoms with Crippen LogP contribution in [-0.2, 0) is 4.79 Å². The second-order valence-electron chi connectivity index (χ2n) is 1.13. The summed E-state index contributed by atoms with van der Waals surface area (Å²) in [6, 6.07) is -0.816. The topological polar surface area (TPSA) is 63.3 Å². The van der Waals surface area contributed by atoms with E-state index in [0.717, 1.165) is 0 Å². The van der Waals surface area contributed by atoms with Gasteiger partial charge in [-0.3, -0.25) is 4.79 Å². The van der Waals surface area contributed by atoms with Crippen LogP contribution in [0, 0.1) is 0 Å². The fourth-order valence-electron chi connectivity index (χ4n) is 0.0781. The Labute approximate surface area is 104 Å². The van der Waals surface area contributed by atoms with E-state index < -0.39 is 12.0 Å². The minimum Gasteiger partial charge on any atom is -0.480 e. The minimum atomic E-state index is -1.00. The summed E-state index contributed by atoms with van der Waals surface area (Å²) < 4.78 is 0. The molecule has 6 heteroatoms. The standard InChI is InChI=1S/C3H7NO2S.2Na/c4-2(1-7)3(5)6;;/h2,7H,1,4H2,(H,5,6);;/t2-;;/m0../s1. The van der Waals surface area contributed by atoms with Gasteiger partial charge in [0.15, 0.2) is 0 Å². The van der Waals surface area contributed by atoms with E-state index in [1.165, 1.54) is 0 Å². The predicted octanol–water partition coefficient (Wildman–Crippen LogP) is -1.43. The first-order chi connectivity index (χ1) is 3.18. The number of carbonyl (C=O) groups is 1. The Morgan fingerprint density at radius 3 is 2.00 bits per heavy atom. The van der Waals surface area contributed by atoms with E-state index in [-0.39, 0.29) is 64.9 Å². The van der Waals surface area contributed by atoms with Gasteiger partial charge in [-0.2, -0.15) is 12.6 Å². The summed E-state index contributed by atoms with van der Waals surface area (Å²) in [4.78, 5) is 9.76. The molecule has 0 aliphatic carbocycles. The van der Waals surface area contributed by atoms with E-state index in [4.69, 9.17) is 10.8 Å². The van der Waals surface area contributed by atoms with Crippen LogP contribution in [0.4, 0.5) is 0 Å². The maximum atomic E-state index is 9.76. The van der Waals surface area contributed by atoms with Gasteiger partial charge in [0.1, 0.15) is 6.04 Å². The fraction of sp³-hybridized carbons (Fsp3) is 0.667. The molecule has 0 spiro atoms. The van der Waals surface area contributed by atoms with Gasteiger partial charge in [0.05, 0.1) is 0 Å². The van der Waals surface area contributed by atoms with E-state index in [2.05, 4.69) is 12.6 Å². The average Bonchev–Trinajstić information content (AvgIpc) is 1.65. The average molecular weight is 167 g/mol. The number of rotatable bonds is 2. The van der Waals surface area contributed by atoms with Crippen LogP contribution in [0.2, 0.25) is 0 Å².